The molecule has 31 heavy (non-hydrogen) atoms. The first-order chi connectivity index (χ1) is 15.0. The van der Waals surface area contributed by atoms with Gasteiger partial charge in [-0.05, 0) is 88.0 Å². The van der Waals surface area contributed by atoms with Crippen molar-refractivity contribution in [3.05, 3.63) is 16.0 Å². The second kappa shape index (κ2) is 8.57. The third-order valence-corrected chi connectivity index (χ3v) is 9.28. The molecular formula is C24H32N2O4S. The summed E-state index contributed by atoms with van der Waals surface area (Å²) < 4.78 is 0. The van der Waals surface area contributed by atoms with Crippen molar-refractivity contribution in [2.75, 3.05) is 18.4 Å². The Morgan fingerprint density at radius 2 is 1.52 bits per heavy atom. The molecule has 1 aromatic heterocycles. The van der Waals surface area contributed by atoms with Crippen molar-refractivity contribution in [2.45, 2.75) is 70.6 Å². The zero-order valence-corrected chi connectivity index (χ0v) is 18.8. The van der Waals surface area contributed by atoms with Crippen LogP contribution in [0.4, 0.5) is 5.00 Å². The van der Waals surface area contributed by atoms with E-state index in [4.69, 9.17) is 0 Å². The SMILES string of the molecule is O=C(O)[C@@H]1C2CCC(CC2)[C@@H]1C(=O)Nc1sc2c(c1C(=O)N1CCCCC1)CCCC2. The van der Waals surface area contributed by atoms with Crippen LogP contribution in [0.3, 0.4) is 0 Å². The molecule has 1 aliphatic heterocycles. The van der Waals surface area contributed by atoms with Crippen molar-refractivity contribution in [3.63, 3.8) is 0 Å². The lowest BCUT2D eigenvalue weighted by atomic mass is 9.58. The van der Waals surface area contributed by atoms with E-state index in [2.05, 4.69) is 5.32 Å². The van der Waals surface area contributed by atoms with Gasteiger partial charge in [-0.15, -0.1) is 11.3 Å². The predicted molar refractivity (Wildman–Crippen MR) is 119 cm³/mol. The van der Waals surface area contributed by atoms with Gasteiger partial charge in [-0.1, -0.05) is 0 Å². The number of carboxylic acids is 1. The van der Waals surface area contributed by atoms with Crippen LogP contribution in [-0.4, -0.2) is 40.9 Å². The topological polar surface area (TPSA) is 86.7 Å². The highest BCUT2D eigenvalue weighted by atomic mass is 32.1. The number of anilines is 1. The summed E-state index contributed by atoms with van der Waals surface area (Å²) in [5.74, 6) is -1.82. The maximum absolute atomic E-state index is 13.5. The fraction of sp³-hybridized carbons (Fsp3) is 0.708. The highest BCUT2D eigenvalue weighted by molar-refractivity contribution is 7.17. The Kier molecular flexibility index (Phi) is 5.80. The number of nitrogens with one attached hydrogen (secondary N) is 1. The molecule has 6 rings (SSSR count). The maximum Gasteiger partial charge on any atom is 0.307 e. The van der Waals surface area contributed by atoms with Crippen LogP contribution in [0.5, 0.6) is 0 Å². The molecule has 2 atom stereocenters. The highest BCUT2D eigenvalue weighted by Gasteiger charge is 2.50. The molecule has 6 nitrogen and oxygen atoms in total. The molecule has 168 valence electrons. The van der Waals surface area contributed by atoms with Crippen LogP contribution in [0.25, 0.3) is 0 Å². The largest absolute Gasteiger partial charge is 0.481 e. The average molecular weight is 445 g/mol. The van der Waals surface area contributed by atoms with E-state index in [0.717, 1.165) is 89.3 Å². The molecule has 3 saturated carbocycles. The second-order valence-corrected chi connectivity index (χ2v) is 10.9. The predicted octanol–water partition coefficient (Wildman–Crippen LogP) is 4.33. The number of hydrogen-bond acceptors (Lipinski definition) is 4. The summed E-state index contributed by atoms with van der Waals surface area (Å²) in [6.45, 7) is 1.56. The van der Waals surface area contributed by atoms with E-state index in [-0.39, 0.29) is 23.7 Å². The molecule has 7 heteroatoms. The summed E-state index contributed by atoms with van der Waals surface area (Å²) in [5.41, 5.74) is 1.82. The van der Waals surface area contributed by atoms with E-state index < -0.39 is 17.8 Å². The van der Waals surface area contributed by atoms with Gasteiger partial charge in [0.25, 0.3) is 5.91 Å². The highest BCUT2D eigenvalue weighted by Crippen LogP contribution is 2.50. The van der Waals surface area contributed by atoms with Crippen molar-refractivity contribution in [3.8, 4) is 0 Å². The Hall–Kier alpha value is -1.89. The van der Waals surface area contributed by atoms with E-state index in [9.17, 15) is 19.5 Å². The number of rotatable bonds is 4. The molecule has 4 fully saturated rings. The normalized spacial score (nSPS) is 30.0. The smallest absolute Gasteiger partial charge is 0.307 e. The van der Waals surface area contributed by atoms with Gasteiger partial charge in [-0.2, -0.15) is 0 Å². The third-order valence-electron chi connectivity index (χ3n) is 8.07. The first-order valence-corrected chi connectivity index (χ1v) is 12.8. The number of carboxylic acid groups (broad SMARTS) is 1. The minimum Gasteiger partial charge on any atom is -0.481 e. The van der Waals surface area contributed by atoms with E-state index in [1.807, 2.05) is 4.90 Å². The molecule has 2 N–H and O–H groups in total. The molecule has 2 bridgehead atoms. The number of carbonyl (C=O) groups is 3. The number of fused-ring (bicyclic) bond motifs is 4. The molecule has 0 aromatic carbocycles. The second-order valence-electron chi connectivity index (χ2n) is 9.82. The first-order valence-electron chi connectivity index (χ1n) is 12.0. The zero-order chi connectivity index (χ0) is 21.5. The van der Waals surface area contributed by atoms with Gasteiger partial charge in [-0.3, -0.25) is 14.4 Å². The lowest BCUT2D eigenvalue weighted by molar-refractivity contribution is -0.156. The van der Waals surface area contributed by atoms with Crippen molar-refractivity contribution in [2.24, 2.45) is 23.7 Å². The molecule has 0 unspecified atom stereocenters. The number of aryl methyl sites for hydroxylation is 1. The number of thiophene rings is 1. The summed E-state index contributed by atoms with van der Waals surface area (Å²) in [5, 5.41) is 13.6. The Morgan fingerprint density at radius 3 is 2.19 bits per heavy atom. The van der Waals surface area contributed by atoms with Crippen LogP contribution in [0.15, 0.2) is 0 Å². The summed E-state index contributed by atoms with van der Waals surface area (Å²) in [6.07, 6.45) is 11.0. The lowest BCUT2D eigenvalue weighted by Gasteiger charge is -2.45. The number of aliphatic carboxylic acids is 1. The first kappa shape index (κ1) is 21.0. The monoisotopic (exact) mass is 444 g/mol. The lowest BCUT2D eigenvalue weighted by Crippen LogP contribution is -2.49. The van der Waals surface area contributed by atoms with Gasteiger partial charge in [0.1, 0.15) is 5.00 Å². The summed E-state index contributed by atoms with van der Waals surface area (Å²) in [4.78, 5) is 42.1. The molecule has 2 heterocycles. The van der Waals surface area contributed by atoms with Crippen LogP contribution in [-0.2, 0) is 22.4 Å². The van der Waals surface area contributed by atoms with Gasteiger partial charge in [0, 0.05) is 18.0 Å². The Bertz CT molecular complexity index is 880. The van der Waals surface area contributed by atoms with Crippen LogP contribution in [0.2, 0.25) is 0 Å². The molecule has 0 radical (unpaired) electrons. The zero-order valence-electron chi connectivity index (χ0n) is 18.0. The maximum atomic E-state index is 13.5. The number of carbonyl (C=O) groups excluding carboxylic acids is 2. The number of likely N-dealkylation sites (tertiary alicyclic amines) is 1. The summed E-state index contributed by atoms with van der Waals surface area (Å²) in [7, 11) is 0. The minimum atomic E-state index is -0.843. The molecular weight excluding hydrogens is 412 g/mol. The Morgan fingerprint density at radius 1 is 0.871 bits per heavy atom. The fourth-order valence-corrected chi connectivity index (χ4v) is 7.80. The van der Waals surface area contributed by atoms with E-state index in [1.165, 1.54) is 4.88 Å². The van der Waals surface area contributed by atoms with Crippen LogP contribution in [0.1, 0.15) is 78.6 Å². The van der Waals surface area contributed by atoms with Crippen molar-refractivity contribution in [1.82, 2.24) is 4.90 Å². The minimum absolute atomic E-state index is 0.0503. The van der Waals surface area contributed by atoms with E-state index >= 15 is 0 Å². The van der Waals surface area contributed by atoms with Crippen LogP contribution < -0.4 is 5.32 Å². The van der Waals surface area contributed by atoms with Gasteiger partial charge >= 0.3 is 5.97 Å². The van der Waals surface area contributed by atoms with Gasteiger partial charge in [0.05, 0.1) is 17.4 Å². The van der Waals surface area contributed by atoms with Crippen LogP contribution >= 0.6 is 11.3 Å². The standard InChI is InChI=1S/C24H32N2O4S/c27-21(18-14-8-10-15(11-9-14)19(18)24(29)30)25-22-20(16-6-2-3-7-17(16)31-22)23(28)26-12-4-1-5-13-26/h14-15,18-19H,1-13H2,(H,25,27)(H,29,30)/t14?,15?,18-,19+/m0/s1. The molecule has 1 aromatic rings. The van der Waals surface area contributed by atoms with Gasteiger partial charge in [0.2, 0.25) is 5.91 Å². The number of amides is 2. The molecule has 0 spiro atoms. The summed E-state index contributed by atoms with van der Waals surface area (Å²) >= 11 is 1.55. The fourth-order valence-electron chi connectivity index (χ4n) is 6.51. The summed E-state index contributed by atoms with van der Waals surface area (Å²) in [6, 6.07) is 0. The molecule has 4 aliphatic carbocycles. The molecule has 1 saturated heterocycles. The van der Waals surface area contributed by atoms with Gasteiger partial charge < -0.3 is 15.3 Å². The molecule has 2 amide bonds. The third kappa shape index (κ3) is 3.79. The number of nitrogens with zero attached hydrogens (tertiary/aromatic N) is 1. The van der Waals surface area contributed by atoms with Crippen molar-refractivity contribution < 1.29 is 19.5 Å². The van der Waals surface area contributed by atoms with Crippen molar-refractivity contribution in [1.29, 1.82) is 0 Å². The average Bonchev–Trinajstić information content (AvgIpc) is 3.16. The quantitative estimate of drug-likeness (QED) is 0.724. The number of piperidine rings is 1. The Labute approximate surface area is 187 Å². The van der Waals surface area contributed by atoms with Gasteiger partial charge in [-0.25, -0.2) is 0 Å². The molecule has 5 aliphatic rings. The van der Waals surface area contributed by atoms with Crippen LogP contribution in [0, 0.1) is 23.7 Å². The van der Waals surface area contributed by atoms with E-state index in [0.29, 0.717) is 10.6 Å². The van der Waals surface area contributed by atoms with Gasteiger partial charge in [0.15, 0.2) is 0 Å². The Balaban J connectivity index is 1.44. The van der Waals surface area contributed by atoms with Crippen molar-refractivity contribution >= 4 is 34.1 Å². The number of hydrogen-bond donors (Lipinski definition) is 2. The van der Waals surface area contributed by atoms with E-state index in [1.54, 1.807) is 11.3 Å².